The molecule has 0 unspecified atom stereocenters. The van der Waals surface area contributed by atoms with E-state index in [1.54, 1.807) is 11.4 Å². The van der Waals surface area contributed by atoms with Gasteiger partial charge >= 0.3 is 5.97 Å². The van der Waals surface area contributed by atoms with Crippen molar-refractivity contribution in [3.8, 4) is 0 Å². The monoisotopic (exact) mass is 255 g/mol. The molecule has 0 atom stereocenters. The van der Waals surface area contributed by atoms with Crippen molar-refractivity contribution < 1.29 is 14.6 Å². The molecule has 0 radical (unpaired) electrons. The zero-order valence-electron chi connectivity index (χ0n) is 9.86. The molecule has 1 aromatic rings. The van der Waals surface area contributed by atoms with E-state index in [1.165, 1.54) is 11.3 Å². The lowest BCUT2D eigenvalue weighted by molar-refractivity contribution is 0.0697. The average Bonchev–Trinajstić information content (AvgIpc) is 2.71. The molecular weight excluding hydrogens is 238 g/mol. The number of rotatable bonds is 8. The summed E-state index contributed by atoms with van der Waals surface area (Å²) < 4.78 is 5.32. The third-order valence-corrected chi connectivity index (χ3v) is 2.91. The van der Waals surface area contributed by atoms with E-state index in [-0.39, 0.29) is 0 Å². The Balaban J connectivity index is 2.13. The first-order chi connectivity index (χ1) is 8.09. The van der Waals surface area contributed by atoms with Gasteiger partial charge in [-0.15, -0.1) is 11.3 Å². The highest BCUT2D eigenvalue weighted by Crippen LogP contribution is 2.14. The zero-order valence-corrected chi connectivity index (χ0v) is 10.7. The van der Waals surface area contributed by atoms with E-state index in [0.717, 1.165) is 17.0 Å². The van der Waals surface area contributed by atoms with Crippen LogP contribution in [0.25, 0.3) is 0 Å². The van der Waals surface area contributed by atoms with Crippen molar-refractivity contribution in [1.82, 2.24) is 5.32 Å². The number of aromatic carboxylic acids is 1. The molecule has 0 fully saturated rings. The van der Waals surface area contributed by atoms with Crippen LogP contribution < -0.4 is 5.32 Å². The molecule has 0 spiro atoms. The third kappa shape index (κ3) is 5.63. The molecule has 17 heavy (non-hydrogen) atoms. The van der Waals surface area contributed by atoms with Crippen LogP contribution in [0.1, 0.15) is 22.2 Å². The smallest absolute Gasteiger partial charge is 0.336 e. The van der Waals surface area contributed by atoms with Crippen molar-refractivity contribution >= 4 is 17.3 Å². The van der Waals surface area contributed by atoms with E-state index in [1.807, 2.05) is 6.92 Å². The van der Waals surface area contributed by atoms with E-state index < -0.39 is 5.97 Å². The van der Waals surface area contributed by atoms with Crippen molar-refractivity contribution in [2.45, 2.75) is 13.5 Å². The molecule has 0 amide bonds. The Hall–Kier alpha value is -1.17. The highest BCUT2D eigenvalue weighted by molar-refractivity contribution is 7.10. The largest absolute Gasteiger partial charge is 0.478 e. The molecule has 94 valence electrons. The lowest BCUT2D eigenvalue weighted by atomic mass is 10.3. The van der Waals surface area contributed by atoms with Gasteiger partial charge in [-0.05, 0) is 13.0 Å². The second-order valence-corrected chi connectivity index (χ2v) is 4.79. The van der Waals surface area contributed by atoms with Gasteiger partial charge in [-0.3, -0.25) is 0 Å². The zero-order chi connectivity index (χ0) is 12.7. The van der Waals surface area contributed by atoms with E-state index in [9.17, 15) is 4.79 Å². The Morgan fingerprint density at radius 1 is 1.65 bits per heavy atom. The quantitative estimate of drug-likeness (QED) is 0.552. The first-order valence-corrected chi connectivity index (χ1v) is 6.21. The summed E-state index contributed by atoms with van der Waals surface area (Å²) in [5.41, 5.74) is 1.36. The van der Waals surface area contributed by atoms with Gasteiger partial charge in [0.05, 0.1) is 18.8 Å². The maximum Gasteiger partial charge on any atom is 0.336 e. The van der Waals surface area contributed by atoms with Crippen LogP contribution in [0.15, 0.2) is 23.6 Å². The molecule has 0 bridgehead atoms. The lowest BCUT2D eigenvalue weighted by Gasteiger charge is -2.04. The third-order valence-electron chi connectivity index (χ3n) is 1.97. The fourth-order valence-corrected chi connectivity index (χ4v) is 2.02. The second-order valence-electron chi connectivity index (χ2n) is 3.79. The van der Waals surface area contributed by atoms with Crippen molar-refractivity contribution in [2.24, 2.45) is 0 Å². The van der Waals surface area contributed by atoms with E-state index >= 15 is 0 Å². The van der Waals surface area contributed by atoms with Crippen LogP contribution in [-0.4, -0.2) is 30.8 Å². The molecule has 0 aliphatic carbocycles. The van der Waals surface area contributed by atoms with Crippen molar-refractivity contribution in [1.29, 1.82) is 0 Å². The average molecular weight is 255 g/mol. The molecule has 2 N–H and O–H groups in total. The molecule has 0 aromatic carbocycles. The van der Waals surface area contributed by atoms with Crippen LogP contribution in [0.4, 0.5) is 0 Å². The summed E-state index contributed by atoms with van der Waals surface area (Å²) >= 11 is 1.45. The van der Waals surface area contributed by atoms with Crippen LogP contribution >= 0.6 is 11.3 Å². The molecule has 4 nitrogen and oxygen atoms in total. The van der Waals surface area contributed by atoms with Gasteiger partial charge in [-0.2, -0.15) is 0 Å². The van der Waals surface area contributed by atoms with Crippen molar-refractivity contribution in [3.05, 3.63) is 34.0 Å². The predicted molar refractivity (Wildman–Crippen MR) is 68.6 cm³/mol. The predicted octanol–water partition coefficient (Wildman–Crippen LogP) is 2.13. The van der Waals surface area contributed by atoms with Crippen LogP contribution in [0.5, 0.6) is 0 Å². The van der Waals surface area contributed by atoms with Gasteiger partial charge in [0, 0.05) is 23.3 Å². The first-order valence-electron chi connectivity index (χ1n) is 5.33. The minimum atomic E-state index is -0.878. The van der Waals surface area contributed by atoms with E-state index in [2.05, 4.69) is 11.9 Å². The highest BCUT2D eigenvalue weighted by Gasteiger charge is 2.05. The van der Waals surface area contributed by atoms with Gasteiger partial charge < -0.3 is 15.2 Å². The second kappa shape index (κ2) is 7.21. The number of carbonyl (C=O) groups is 1. The summed E-state index contributed by atoms with van der Waals surface area (Å²) in [6.07, 6.45) is 0. The molecule has 0 aliphatic rings. The molecule has 0 saturated carbocycles. The number of carboxylic acids is 1. The van der Waals surface area contributed by atoms with Crippen LogP contribution in [0, 0.1) is 0 Å². The Kier molecular flexibility index (Phi) is 5.90. The standard InChI is InChI=1S/C12H17NO3S/c1-9(2)7-16-4-3-13-6-11-5-10(8-17-11)12(14)15/h5,8,13H,1,3-4,6-7H2,2H3,(H,14,15). The number of carboxylic acid groups (broad SMARTS) is 1. The first kappa shape index (κ1) is 13.9. The van der Waals surface area contributed by atoms with Gasteiger partial charge in [0.25, 0.3) is 0 Å². The highest BCUT2D eigenvalue weighted by atomic mass is 32.1. The summed E-state index contributed by atoms with van der Waals surface area (Å²) in [7, 11) is 0. The molecular formula is C12H17NO3S. The minimum absolute atomic E-state index is 0.352. The van der Waals surface area contributed by atoms with Crippen LogP contribution in [0.2, 0.25) is 0 Å². The number of ether oxygens (including phenoxy) is 1. The molecule has 1 rings (SSSR count). The van der Waals surface area contributed by atoms with Gasteiger partial charge in [0.15, 0.2) is 0 Å². The number of hydrogen-bond donors (Lipinski definition) is 2. The Morgan fingerprint density at radius 2 is 2.41 bits per heavy atom. The van der Waals surface area contributed by atoms with Crippen molar-refractivity contribution in [2.75, 3.05) is 19.8 Å². The Bertz CT molecular complexity index is 387. The summed E-state index contributed by atoms with van der Waals surface area (Å²) in [5, 5.41) is 13.6. The molecule has 1 heterocycles. The number of nitrogens with one attached hydrogen (secondary N) is 1. The number of thiophene rings is 1. The summed E-state index contributed by atoms with van der Waals surface area (Å²) in [6.45, 7) is 8.30. The SMILES string of the molecule is C=C(C)COCCNCc1cc(C(=O)O)cs1. The van der Waals surface area contributed by atoms with E-state index in [0.29, 0.717) is 25.3 Å². The van der Waals surface area contributed by atoms with Gasteiger partial charge in [-0.25, -0.2) is 4.79 Å². The fraction of sp³-hybridized carbons (Fsp3) is 0.417. The summed E-state index contributed by atoms with van der Waals surface area (Å²) in [5.74, 6) is -0.878. The fourth-order valence-electron chi connectivity index (χ4n) is 1.19. The van der Waals surface area contributed by atoms with Gasteiger partial charge in [0.2, 0.25) is 0 Å². The molecule has 5 heteroatoms. The number of hydrogen-bond acceptors (Lipinski definition) is 4. The Morgan fingerprint density at radius 3 is 3.00 bits per heavy atom. The van der Waals surface area contributed by atoms with E-state index in [4.69, 9.17) is 9.84 Å². The molecule has 1 aromatic heterocycles. The Labute approximate surface area is 105 Å². The molecule has 0 saturated heterocycles. The maximum absolute atomic E-state index is 10.7. The summed E-state index contributed by atoms with van der Waals surface area (Å²) in [6, 6.07) is 1.69. The minimum Gasteiger partial charge on any atom is -0.478 e. The van der Waals surface area contributed by atoms with Crippen LogP contribution in [0.3, 0.4) is 0 Å². The van der Waals surface area contributed by atoms with Crippen LogP contribution in [-0.2, 0) is 11.3 Å². The van der Waals surface area contributed by atoms with Gasteiger partial charge in [-0.1, -0.05) is 12.2 Å². The topological polar surface area (TPSA) is 58.6 Å². The van der Waals surface area contributed by atoms with Gasteiger partial charge in [0.1, 0.15) is 0 Å². The molecule has 0 aliphatic heterocycles. The maximum atomic E-state index is 10.7. The van der Waals surface area contributed by atoms with Crippen molar-refractivity contribution in [3.63, 3.8) is 0 Å². The normalized spacial score (nSPS) is 10.4. The summed E-state index contributed by atoms with van der Waals surface area (Å²) in [4.78, 5) is 11.7. The lowest BCUT2D eigenvalue weighted by Crippen LogP contribution is -2.19.